The van der Waals surface area contributed by atoms with Crippen LogP contribution in [0.15, 0.2) is 96.5 Å². The van der Waals surface area contributed by atoms with E-state index >= 15 is 0 Å². The molecule has 33 heteroatoms. The number of fused-ring (bicyclic) bond motifs is 1. The smallest absolute Gasteiger partial charge is 0.397 e. The number of phenols is 1. The van der Waals surface area contributed by atoms with Gasteiger partial charge in [-0.15, -0.1) is 9.45 Å². The van der Waals surface area contributed by atoms with Crippen LogP contribution in [-0.4, -0.2) is 112 Å². The number of azo groups is 1. The Labute approximate surface area is 372 Å². The number of phenolic OH excluding ortho intramolecular Hbond substituents is 1. The standard InChI is InChI=1S/C31H30ClN7O19S6/c1-2-39(19-4-3-5-21(16-19)61(44,45)15-13-56-64(52,53)54)31-35-29(32)34-30(36-31)33-23-10-11-25(62(46,47)48)22-17-24(59-58-57-41)27(28(40)26(22)23)38-37-18-6-8-20(9-7-18)60(42,43)14-12-55-63(49,50)51/h3-11,16-17,40-41H,2,12-15H2,1H3,(H,46,47,48)(H,49,50,51)(H,52,53,54)(H,33,34,35,36). The Hall–Kier alpha value is -4.78. The minimum Gasteiger partial charge on any atom is -0.505 e. The highest BCUT2D eigenvalue weighted by Gasteiger charge is 2.26. The van der Waals surface area contributed by atoms with Gasteiger partial charge in [-0.05, 0) is 79.2 Å². The Balaban J connectivity index is 1.55. The van der Waals surface area contributed by atoms with E-state index in [1.54, 1.807) is 6.92 Å². The second-order valence-corrected chi connectivity index (χ2v) is 21.1. The topological polar surface area (TPSA) is 387 Å². The highest BCUT2D eigenvalue weighted by molar-refractivity contribution is 7.94. The summed E-state index contributed by atoms with van der Waals surface area (Å²) in [5, 5.41) is 33.9. The van der Waals surface area contributed by atoms with Crippen molar-refractivity contribution in [3.63, 3.8) is 0 Å². The van der Waals surface area contributed by atoms with Gasteiger partial charge in [0.2, 0.25) is 17.2 Å². The molecule has 0 radical (unpaired) electrons. The van der Waals surface area contributed by atoms with Gasteiger partial charge in [-0.3, -0.25) is 13.7 Å². The van der Waals surface area contributed by atoms with Crippen LogP contribution in [0.2, 0.25) is 5.28 Å². The second kappa shape index (κ2) is 20.2. The van der Waals surface area contributed by atoms with E-state index < -0.39 is 96.9 Å². The van der Waals surface area contributed by atoms with Gasteiger partial charge in [0.15, 0.2) is 25.4 Å². The van der Waals surface area contributed by atoms with Crippen LogP contribution in [0.4, 0.5) is 34.6 Å². The zero-order chi connectivity index (χ0) is 47.3. The Morgan fingerprint density at radius 2 is 1.41 bits per heavy atom. The summed E-state index contributed by atoms with van der Waals surface area (Å²) in [5.74, 6) is -2.99. The third kappa shape index (κ3) is 13.2. The fraction of sp³-hybridized carbons (Fsp3) is 0.194. The van der Waals surface area contributed by atoms with Gasteiger partial charge in [0.25, 0.3) is 10.1 Å². The Bertz CT molecular complexity index is 3170. The number of aromatic hydroxyl groups is 1. The number of anilines is 4. The van der Waals surface area contributed by atoms with Gasteiger partial charge in [0.1, 0.15) is 10.6 Å². The Morgan fingerprint density at radius 1 is 0.781 bits per heavy atom. The molecule has 26 nitrogen and oxygen atoms in total. The number of benzene rings is 4. The molecule has 0 aliphatic rings. The van der Waals surface area contributed by atoms with Gasteiger partial charge >= 0.3 is 20.8 Å². The number of nitrogens with one attached hydrogen (secondary N) is 1. The van der Waals surface area contributed by atoms with Crippen molar-refractivity contribution in [1.29, 1.82) is 0 Å². The van der Waals surface area contributed by atoms with Crippen molar-refractivity contribution in [2.24, 2.45) is 10.2 Å². The summed E-state index contributed by atoms with van der Waals surface area (Å²) in [6, 6.07) is 12.9. The lowest BCUT2D eigenvalue weighted by Gasteiger charge is -2.22. The van der Waals surface area contributed by atoms with E-state index in [1.165, 1.54) is 41.3 Å². The number of aromatic nitrogens is 3. The molecule has 0 bridgehead atoms. The Kier molecular flexibility index (Phi) is 15.8. The maximum absolute atomic E-state index is 13.0. The molecule has 4 aromatic carbocycles. The summed E-state index contributed by atoms with van der Waals surface area (Å²) < 4.78 is 160. The van der Waals surface area contributed by atoms with Crippen LogP contribution >= 0.6 is 23.6 Å². The van der Waals surface area contributed by atoms with E-state index in [9.17, 15) is 51.7 Å². The van der Waals surface area contributed by atoms with Crippen LogP contribution in [0.25, 0.3) is 10.8 Å². The van der Waals surface area contributed by atoms with E-state index in [0.717, 1.165) is 30.3 Å². The largest absolute Gasteiger partial charge is 0.505 e. The maximum Gasteiger partial charge on any atom is 0.397 e. The average Bonchev–Trinajstić information content (AvgIpc) is 3.18. The maximum atomic E-state index is 13.0. The number of sulfone groups is 2. The molecule has 5 rings (SSSR count). The first kappa shape index (κ1) is 50.2. The number of nitrogens with zero attached hydrogens (tertiary/aromatic N) is 6. The predicted molar refractivity (Wildman–Crippen MR) is 223 cm³/mol. The lowest BCUT2D eigenvalue weighted by molar-refractivity contribution is -0.432. The zero-order valence-corrected chi connectivity index (χ0v) is 37.5. The number of hydrogen-bond acceptors (Lipinski definition) is 24. The molecule has 64 heavy (non-hydrogen) atoms. The van der Waals surface area contributed by atoms with Crippen molar-refractivity contribution < 1.29 is 83.8 Å². The van der Waals surface area contributed by atoms with Crippen LogP contribution in [0.1, 0.15) is 6.92 Å². The summed E-state index contributed by atoms with van der Waals surface area (Å²) in [5.41, 5.74) is -0.467. The molecular weight excluding hydrogens is 1000 g/mol. The van der Waals surface area contributed by atoms with Crippen molar-refractivity contribution in [2.45, 2.75) is 26.5 Å². The monoisotopic (exact) mass is 1030 g/mol. The molecule has 0 fully saturated rings. The molecule has 6 N–H and O–H groups in total. The van der Waals surface area contributed by atoms with Gasteiger partial charge in [-0.25, -0.2) is 30.5 Å². The number of hydrogen-bond donors (Lipinski definition) is 6. The van der Waals surface area contributed by atoms with Crippen LogP contribution in [0, 0.1) is 0 Å². The minimum absolute atomic E-state index is 0.0323. The summed E-state index contributed by atoms with van der Waals surface area (Å²) in [4.78, 5) is 12.3. The van der Waals surface area contributed by atoms with E-state index in [-0.39, 0.29) is 73.0 Å². The first-order valence-electron chi connectivity index (χ1n) is 17.0. The molecule has 0 saturated heterocycles. The lowest BCUT2D eigenvalue weighted by atomic mass is 10.1. The zero-order valence-electron chi connectivity index (χ0n) is 31.8. The van der Waals surface area contributed by atoms with Gasteiger partial charge in [-0.1, -0.05) is 11.1 Å². The van der Waals surface area contributed by atoms with Crippen LogP contribution < -0.4 is 10.2 Å². The first-order valence-corrected chi connectivity index (χ1v) is 25.6. The Morgan fingerprint density at radius 3 is 1.98 bits per heavy atom. The van der Waals surface area contributed by atoms with Crippen molar-refractivity contribution in [2.75, 3.05) is 41.5 Å². The van der Waals surface area contributed by atoms with E-state index in [2.05, 4.69) is 48.2 Å². The number of rotatable bonds is 21. The highest BCUT2D eigenvalue weighted by atomic mass is 35.5. The summed E-state index contributed by atoms with van der Waals surface area (Å²) in [7, 11) is -23.1. The fourth-order valence-corrected chi connectivity index (χ4v) is 9.79. The molecule has 0 aliphatic carbocycles. The van der Waals surface area contributed by atoms with E-state index in [4.69, 9.17) is 26.0 Å². The third-order valence-electron chi connectivity index (χ3n) is 8.13. The molecule has 0 atom stereocenters. The molecule has 346 valence electrons. The van der Waals surface area contributed by atoms with Crippen molar-refractivity contribution >= 4 is 120 Å². The van der Waals surface area contributed by atoms with Crippen LogP contribution in [0.3, 0.4) is 0 Å². The second-order valence-electron chi connectivity index (χ2n) is 12.2. The SMILES string of the molecule is CCN(c1cccc(S(=O)(=O)CCOS(=O)(=O)O)c1)c1nc(Cl)nc(Nc2ccc(S(=O)(=O)O)c3cc(SOOO)c(N=Nc4ccc(S(=O)(=O)CCOS(=O)(=O)O)cc4)c(O)c23)n1. The molecular formula is C31H30ClN7O19S6. The van der Waals surface area contributed by atoms with Crippen molar-refractivity contribution in [1.82, 2.24) is 15.0 Å². The van der Waals surface area contributed by atoms with E-state index in [0.29, 0.717) is 0 Å². The summed E-state index contributed by atoms with van der Waals surface area (Å²) in [6.07, 6.45) is 0. The van der Waals surface area contributed by atoms with Crippen molar-refractivity contribution in [3.05, 3.63) is 72.0 Å². The molecule has 1 heterocycles. The molecule has 0 unspecified atom stereocenters. The molecule has 0 saturated carbocycles. The van der Waals surface area contributed by atoms with Gasteiger partial charge in [0, 0.05) is 17.6 Å². The van der Waals surface area contributed by atoms with Crippen molar-refractivity contribution in [3.8, 4) is 5.75 Å². The highest BCUT2D eigenvalue weighted by Crippen LogP contribution is 2.48. The average molecular weight is 1030 g/mol. The van der Waals surface area contributed by atoms with Gasteiger partial charge < -0.3 is 15.3 Å². The van der Waals surface area contributed by atoms with Gasteiger partial charge in [0.05, 0.1) is 68.2 Å². The normalized spacial score (nSPS) is 12.8. The summed E-state index contributed by atoms with van der Waals surface area (Å²) >= 11 is 6.49. The molecule has 0 amide bonds. The molecule has 0 spiro atoms. The third-order valence-corrected chi connectivity index (χ3v) is 14.1. The van der Waals surface area contributed by atoms with Crippen LogP contribution in [0.5, 0.6) is 5.75 Å². The van der Waals surface area contributed by atoms with Gasteiger partial charge in [-0.2, -0.15) is 45.3 Å². The fourth-order valence-electron chi connectivity index (χ4n) is 5.46. The first-order chi connectivity index (χ1) is 29.8. The quantitative estimate of drug-likeness (QED) is 0.0193. The molecule has 0 aliphatic heterocycles. The lowest BCUT2D eigenvalue weighted by Crippen LogP contribution is -2.21. The van der Waals surface area contributed by atoms with E-state index in [1.807, 2.05) is 0 Å². The minimum atomic E-state index is -5.03. The van der Waals surface area contributed by atoms with Crippen LogP contribution in [-0.2, 0) is 68.3 Å². The predicted octanol–water partition coefficient (Wildman–Crippen LogP) is 4.56. The molecule has 1 aromatic heterocycles. The summed E-state index contributed by atoms with van der Waals surface area (Å²) in [6.45, 7) is -0.0315. The molecule has 5 aromatic rings. The number of halogens is 1.